The largest absolute Gasteiger partial charge is 0.543 e. The van der Waals surface area contributed by atoms with E-state index in [1.54, 1.807) is 12.1 Å². The van der Waals surface area contributed by atoms with Gasteiger partial charge in [-0.3, -0.25) is 9.59 Å². The summed E-state index contributed by atoms with van der Waals surface area (Å²) in [6.45, 7) is 1.43. The number of carboxylic acid groups (broad SMARTS) is 1. The standard InChI is InChI=1S/C19H17N3O4/c1-12(13-7-3-2-4-8-13)20-16(23)11-22-18(24)15-10-6-5-9-14(15)17(21-22)19(25)26/h2-10,12H,11H2,1H3,(H,20,23)(H,25,26)/p-1/t12-/m0/s1. The van der Waals surface area contributed by atoms with Gasteiger partial charge in [0, 0.05) is 5.39 Å². The summed E-state index contributed by atoms with van der Waals surface area (Å²) in [5, 5.41) is 18.3. The van der Waals surface area contributed by atoms with Crippen molar-refractivity contribution in [3.8, 4) is 0 Å². The van der Waals surface area contributed by atoms with Gasteiger partial charge in [-0.1, -0.05) is 48.5 Å². The van der Waals surface area contributed by atoms with Crippen LogP contribution in [0.3, 0.4) is 0 Å². The Morgan fingerprint density at radius 2 is 1.69 bits per heavy atom. The SMILES string of the molecule is C[C@H](NC(=O)Cn1nc(C(=O)[O-])c2ccccc2c1=O)c1ccccc1. The summed E-state index contributed by atoms with van der Waals surface area (Å²) in [5.74, 6) is -1.96. The number of nitrogens with zero attached hydrogens (tertiary/aromatic N) is 2. The summed E-state index contributed by atoms with van der Waals surface area (Å²) >= 11 is 0. The van der Waals surface area contributed by atoms with Gasteiger partial charge in [0.25, 0.3) is 5.56 Å². The molecule has 7 nitrogen and oxygen atoms in total. The molecule has 0 aliphatic heterocycles. The van der Waals surface area contributed by atoms with Crippen LogP contribution in [0.15, 0.2) is 59.4 Å². The van der Waals surface area contributed by atoms with Crippen molar-refractivity contribution in [2.75, 3.05) is 0 Å². The number of amides is 1. The van der Waals surface area contributed by atoms with Crippen molar-refractivity contribution in [1.29, 1.82) is 0 Å². The number of carboxylic acids is 1. The summed E-state index contributed by atoms with van der Waals surface area (Å²) in [5.41, 5.74) is 0.00677. The summed E-state index contributed by atoms with van der Waals surface area (Å²) in [7, 11) is 0. The fourth-order valence-electron chi connectivity index (χ4n) is 2.74. The summed E-state index contributed by atoms with van der Waals surface area (Å²) in [6, 6.07) is 15.3. The summed E-state index contributed by atoms with van der Waals surface area (Å²) in [4.78, 5) is 36.1. The van der Waals surface area contributed by atoms with E-state index in [1.807, 2.05) is 37.3 Å². The second-order valence-corrected chi connectivity index (χ2v) is 5.84. The van der Waals surface area contributed by atoms with Crippen LogP contribution in [-0.4, -0.2) is 21.7 Å². The van der Waals surface area contributed by atoms with Crippen molar-refractivity contribution in [2.24, 2.45) is 0 Å². The molecular formula is C19H16N3O4-. The van der Waals surface area contributed by atoms with Gasteiger partial charge in [0.05, 0.1) is 17.4 Å². The van der Waals surface area contributed by atoms with Crippen LogP contribution in [0.25, 0.3) is 10.8 Å². The van der Waals surface area contributed by atoms with Gasteiger partial charge in [-0.2, -0.15) is 5.10 Å². The van der Waals surface area contributed by atoms with E-state index in [0.717, 1.165) is 10.2 Å². The fourth-order valence-corrected chi connectivity index (χ4v) is 2.74. The van der Waals surface area contributed by atoms with E-state index in [1.165, 1.54) is 12.1 Å². The maximum Gasteiger partial charge on any atom is 0.275 e. The highest BCUT2D eigenvalue weighted by atomic mass is 16.4. The number of aromatic carboxylic acids is 1. The van der Waals surface area contributed by atoms with Crippen LogP contribution in [0.4, 0.5) is 0 Å². The van der Waals surface area contributed by atoms with Gasteiger partial charge in [0.2, 0.25) is 5.91 Å². The number of rotatable bonds is 5. The number of aromatic nitrogens is 2. The molecule has 0 saturated carbocycles. The molecule has 1 heterocycles. The molecule has 1 aromatic heterocycles. The van der Waals surface area contributed by atoms with E-state index in [-0.39, 0.29) is 29.1 Å². The summed E-state index contributed by atoms with van der Waals surface area (Å²) < 4.78 is 0.848. The lowest BCUT2D eigenvalue weighted by Crippen LogP contribution is -2.37. The van der Waals surface area contributed by atoms with Crippen LogP contribution in [-0.2, 0) is 11.3 Å². The Morgan fingerprint density at radius 3 is 2.35 bits per heavy atom. The number of carbonyl (C=O) groups excluding carboxylic acids is 2. The molecule has 0 aliphatic carbocycles. The molecule has 1 atom stereocenters. The van der Waals surface area contributed by atoms with Crippen LogP contribution in [0.1, 0.15) is 29.0 Å². The van der Waals surface area contributed by atoms with Gasteiger partial charge >= 0.3 is 0 Å². The van der Waals surface area contributed by atoms with Gasteiger partial charge < -0.3 is 15.2 Å². The first-order valence-electron chi connectivity index (χ1n) is 8.03. The molecule has 1 amide bonds. The van der Waals surface area contributed by atoms with Gasteiger partial charge in [-0.25, -0.2) is 4.68 Å². The van der Waals surface area contributed by atoms with E-state index in [0.29, 0.717) is 0 Å². The van der Waals surface area contributed by atoms with Gasteiger partial charge in [-0.05, 0) is 18.6 Å². The zero-order valence-corrected chi connectivity index (χ0v) is 14.0. The molecule has 3 rings (SSSR count). The number of hydrogen-bond acceptors (Lipinski definition) is 5. The van der Waals surface area contributed by atoms with Gasteiger partial charge in [0.1, 0.15) is 12.2 Å². The Morgan fingerprint density at radius 1 is 1.08 bits per heavy atom. The molecule has 1 N–H and O–H groups in total. The van der Waals surface area contributed by atoms with Crippen LogP contribution in [0.5, 0.6) is 0 Å². The minimum atomic E-state index is -1.51. The minimum Gasteiger partial charge on any atom is -0.543 e. The van der Waals surface area contributed by atoms with Crippen molar-refractivity contribution >= 4 is 22.6 Å². The molecule has 7 heteroatoms. The van der Waals surface area contributed by atoms with Crippen molar-refractivity contribution in [2.45, 2.75) is 19.5 Å². The van der Waals surface area contributed by atoms with Gasteiger partial charge in [0.15, 0.2) is 0 Å². The smallest absolute Gasteiger partial charge is 0.275 e. The maximum atomic E-state index is 12.5. The number of benzene rings is 2. The Bertz CT molecular complexity index is 1030. The number of hydrogen-bond donors (Lipinski definition) is 1. The average molecular weight is 350 g/mol. The third-order valence-corrected chi connectivity index (χ3v) is 4.03. The molecule has 2 aromatic carbocycles. The Kier molecular flexibility index (Phi) is 4.79. The van der Waals surface area contributed by atoms with E-state index >= 15 is 0 Å². The topological polar surface area (TPSA) is 104 Å². The maximum absolute atomic E-state index is 12.5. The first-order valence-corrected chi connectivity index (χ1v) is 8.03. The van der Waals surface area contributed by atoms with E-state index < -0.39 is 17.4 Å². The van der Waals surface area contributed by atoms with Crippen molar-refractivity contribution in [3.63, 3.8) is 0 Å². The lowest BCUT2D eigenvalue weighted by Gasteiger charge is -2.15. The van der Waals surface area contributed by atoms with Crippen LogP contribution < -0.4 is 16.0 Å². The number of nitrogens with one attached hydrogen (secondary N) is 1. The molecule has 0 bridgehead atoms. The zero-order valence-electron chi connectivity index (χ0n) is 14.0. The van der Waals surface area contributed by atoms with Crippen LogP contribution in [0, 0.1) is 0 Å². The lowest BCUT2D eigenvalue weighted by molar-refractivity contribution is -0.255. The highest BCUT2D eigenvalue weighted by Gasteiger charge is 2.15. The van der Waals surface area contributed by atoms with Gasteiger partial charge in [-0.15, -0.1) is 0 Å². The highest BCUT2D eigenvalue weighted by Crippen LogP contribution is 2.13. The third kappa shape index (κ3) is 3.46. The predicted molar refractivity (Wildman–Crippen MR) is 93.3 cm³/mol. The van der Waals surface area contributed by atoms with Crippen molar-refractivity contribution < 1.29 is 14.7 Å². The molecule has 132 valence electrons. The number of carbonyl (C=O) groups is 2. The fraction of sp³-hybridized carbons (Fsp3) is 0.158. The van der Waals surface area contributed by atoms with Crippen LogP contribution >= 0.6 is 0 Å². The van der Waals surface area contributed by atoms with E-state index in [9.17, 15) is 19.5 Å². The third-order valence-electron chi connectivity index (χ3n) is 4.03. The molecule has 0 aliphatic rings. The molecule has 0 fully saturated rings. The van der Waals surface area contributed by atoms with Crippen molar-refractivity contribution in [3.05, 3.63) is 76.2 Å². The Hall–Kier alpha value is -3.48. The molecule has 0 saturated heterocycles. The Labute approximate surface area is 148 Å². The summed E-state index contributed by atoms with van der Waals surface area (Å²) in [6.07, 6.45) is 0. The minimum absolute atomic E-state index is 0.172. The molecular weight excluding hydrogens is 334 g/mol. The predicted octanol–water partition coefficient (Wildman–Crippen LogP) is 0.637. The molecule has 0 radical (unpaired) electrons. The highest BCUT2D eigenvalue weighted by molar-refractivity contribution is 6.00. The van der Waals surface area contributed by atoms with E-state index in [2.05, 4.69) is 10.4 Å². The first kappa shape index (κ1) is 17.3. The second-order valence-electron chi connectivity index (χ2n) is 5.84. The molecule has 0 spiro atoms. The van der Waals surface area contributed by atoms with Crippen LogP contribution in [0.2, 0.25) is 0 Å². The van der Waals surface area contributed by atoms with Crippen molar-refractivity contribution in [1.82, 2.24) is 15.1 Å². The number of fused-ring (bicyclic) bond motifs is 1. The second kappa shape index (κ2) is 7.18. The monoisotopic (exact) mass is 350 g/mol. The quantitative estimate of drug-likeness (QED) is 0.727. The normalized spacial score (nSPS) is 11.9. The average Bonchev–Trinajstić information content (AvgIpc) is 2.64. The molecule has 26 heavy (non-hydrogen) atoms. The van der Waals surface area contributed by atoms with E-state index in [4.69, 9.17) is 0 Å². The Balaban J connectivity index is 1.89. The first-order chi connectivity index (χ1) is 12.5. The lowest BCUT2D eigenvalue weighted by atomic mass is 10.1. The molecule has 3 aromatic rings. The zero-order chi connectivity index (χ0) is 18.7. The molecule has 0 unspecified atom stereocenters.